The van der Waals surface area contributed by atoms with Gasteiger partial charge in [-0.25, -0.2) is 4.98 Å². The summed E-state index contributed by atoms with van der Waals surface area (Å²) in [5.74, 6) is 0.636. The van der Waals surface area contributed by atoms with E-state index in [1.165, 1.54) is 13.2 Å². The largest absolute Gasteiger partial charge is 0.497 e. The molecule has 20 heavy (non-hydrogen) atoms. The zero-order chi connectivity index (χ0) is 14.1. The minimum atomic E-state index is -0.479. The second kappa shape index (κ2) is 4.65. The molecule has 0 fully saturated rings. The van der Waals surface area contributed by atoms with Crippen molar-refractivity contribution >= 4 is 16.8 Å². The Bertz CT molecular complexity index is 762. The highest BCUT2D eigenvalue weighted by molar-refractivity contribution is 5.78. The normalized spacial score (nSPS) is 10.7. The first-order valence-corrected chi connectivity index (χ1v) is 5.87. The van der Waals surface area contributed by atoms with Gasteiger partial charge in [-0.05, 0) is 24.3 Å². The van der Waals surface area contributed by atoms with Gasteiger partial charge in [-0.15, -0.1) is 0 Å². The molecule has 0 atom stereocenters. The lowest BCUT2D eigenvalue weighted by molar-refractivity contribution is -0.384. The minimum Gasteiger partial charge on any atom is -0.497 e. The van der Waals surface area contributed by atoms with Gasteiger partial charge in [-0.2, -0.15) is 0 Å². The Labute approximate surface area is 113 Å². The fraction of sp³-hybridized carbons (Fsp3) is 0.0714. The summed E-state index contributed by atoms with van der Waals surface area (Å²) in [5, 5.41) is 11.2. The van der Waals surface area contributed by atoms with Crippen LogP contribution in [0.2, 0.25) is 0 Å². The maximum absolute atomic E-state index is 11.2. The van der Waals surface area contributed by atoms with Crippen molar-refractivity contribution in [3.05, 3.63) is 52.6 Å². The number of ether oxygens (including phenoxy) is 1. The first-order chi connectivity index (χ1) is 9.69. The topological polar surface area (TPSA) is 78.4 Å². The Morgan fingerprint density at radius 2 is 2.05 bits per heavy atom. The molecule has 6 nitrogen and oxygen atoms in total. The van der Waals surface area contributed by atoms with Gasteiger partial charge in [-0.1, -0.05) is 12.1 Å². The van der Waals surface area contributed by atoms with E-state index >= 15 is 0 Å². The summed E-state index contributed by atoms with van der Waals surface area (Å²) < 4.78 is 10.6. The highest BCUT2D eigenvalue weighted by atomic mass is 16.6. The molecule has 100 valence electrons. The van der Waals surface area contributed by atoms with Crippen molar-refractivity contribution in [2.75, 3.05) is 7.11 Å². The zero-order valence-electron chi connectivity index (χ0n) is 10.6. The second-order valence-electron chi connectivity index (χ2n) is 4.13. The quantitative estimate of drug-likeness (QED) is 0.538. The third-order valence-electron chi connectivity index (χ3n) is 2.93. The van der Waals surface area contributed by atoms with E-state index in [4.69, 9.17) is 9.15 Å². The third-order valence-corrected chi connectivity index (χ3v) is 2.93. The molecule has 3 rings (SSSR count). The van der Waals surface area contributed by atoms with Crippen LogP contribution < -0.4 is 4.74 Å². The Morgan fingerprint density at radius 1 is 1.25 bits per heavy atom. The molecule has 0 saturated carbocycles. The maximum atomic E-state index is 11.2. The van der Waals surface area contributed by atoms with Crippen molar-refractivity contribution in [3.63, 3.8) is 0 Å². The number of benzene rings is 2. The van der Waals surface area contributed by atoms with E-state index in [0.29, 0.717) is 22.4 Å². The lowest BCUT2D eigenvalue weighted by Gasteiger charge is -2.02. The van der Waals surface area contributed by atoms with E-state index in [1.54, 1.807) is 24.3 Å². The van der Waals surface area contributed by atoms with Gasteiger partial charge < -0.3 is 9.15 Å². The van der Waals surface area contributed by atoms with Crippen molar-refractivity contribution in [2.24, 2.45) is 0 Å². The Balaban J connectivity index is 2.20. The fourth-order valence-corrected chi connectivity index (χ4v) is 1.96. The number of methoxy groups -OCH3 is 1. The molecule has 0 radical (unpaired) electrons. The average molecular weight is 270 g/mol. The van der Waals surface area contributed by atoms with Crippen molar-refractivity contribution in [2.45, 2.75) is 0 Å². The average Bonchev–Trinajstić information content (AvgIpc) is 2.90. The molecule has 0 N–H and O–H groups in total. The molecule has 1 aromatic heterocycles. The molecule has 6 heteroatoms. The Kier molecular flexibility index (Phi) is 2.83. The molecule has 0 aliphatic rings. The number of aromatic nitrogens is 1. The summed E-state index contributed by atoms with van der Waals surface area (Å²) in [6.07, 6.45) is 0. The maximum Gasteiger partial charge on any atom is 0.285 e. The number of oxazole rings is 1. The molecule has 0 aliphatic heterocycles. The number of hydrogen-bond acceptors (Lipinski definition) is 5. The molecule has 0 unspecified atom stereocenters. The summed E-state index contributed by atoms with van der Waals surface area (Å²) in [6.45, 7) is 0. The van der Waals surface area contributed by atoms with Crippen LogP contribution in [-0.4, -0.2) is 17.0 Å². The molecule has 3 aromatic rings. The molecule has 2 aromatic carbocycles. The van der Waals surface area contributed by atoms with Crippen LogP contribution in [0.4, 0.5) is 5.69 Å². The molecule has 0 bridgehead atoms. The van der Waals surface area contributed by atoms with Gasteiger partial charge in [0.2, 0.25) is 5.89 Å². The predicted octanol–water partition coefficient (Wildman–Crippen LogP) is 3.41. The van der Waals surface area contributed by atoms with E-state index < -0.39 is 4.92 Å². The van der Waals surface area contributed by atoms with Crippen LogP contribution in [0.5, 0.6) is 5.75 Å². The van der Waals surface area contributed by atoms with Crippen molar-refractivity contribution < 1.29 is 14.1 Å². The molecule has 0 aliphatic carbocycles. The number of rotatable bonds is 3. The molecule has 0 amide bonds. The lowest BCUT2D eigenvalue weighted by atomic mass is 10.1. The summed E-state index contributed by atoms with van der Waals surface area (Å²) in [4.78, 5) is 14.9. The van der Waals surface area contributed by atoms with Gasteiger partial charge in [0.25, 0.3) is 5.69 Å². The van der Waals surface area contributed by atoms with Gasteiger partial charge >= 0.3 is 0 Å². The Morgan fingerprint density at radius 3 is 2.75 bits per heavy atom. The number of nitrogens with zero attached hydrogens (tertiary/aromatic N) is 2. The van der Waals surface area contributed by atoms with E-state index in [9.17, 15) is 10.1 Å². The van der Waals surface area contributed by atoms with Gasteiger partial charge in [0.15, 0.2) is 5.58 Å². The highest BCUT2D eigenvalue weighted by Crippen LogP contribution is 2.34. The number of para-hydroxylation sites is 2. The van der Waals surface area contributed by atoms with E-state index in [2.05, 4.69) is 4.98 Å². The van der Waals surface area contributed by atoms with Gasteiger partial charge in [0.1, 0.15) is 16.8 Å². The van der Waals surface area contributed by atoms with Crippen molar-refractivity contribution in [1.82, 2.24) is 4.98 Å². The predicted molar refractivity (Wildman–Crippen MR) is 72.7 cm³/mol. The first-order valence-electron chi connectivity index (χ1n) is 5.87. The third kappa shape index (κ3) is 1.97. The van der Waals surface area contributed by atoms with Crippen molar-refractivity contribution in [1.29, 1.82) is 0 Å². The Hall–Kier alpha value is -2.89. The second-order valence-corrected chi connectivity index (χ2v) is 4.13. The van der Waals surface area contributed by atoms with Crippen LogP contribution in [0.3, 0.4) is 0 Å². The standard InChI is InChI=1S/C14H10N2O4/c1-19-9-6-7-10(12(8-9)16(17)18)14-15-11-4-2-3-5-13(11)20-14/h2-8H,1H3. The molecular weight excluding hydrogens is 260 g/mol. The fourth-order valence-electron chi connectivity index (χ4n) is 1.96. The SMILES string of the molecule is COc1ccc(-c2nc3ccccc3o2)c([N+](=O)[O-])c1. The number of fused-ring (bicyclic) bond motifs is 1. The van der Waals surface area contributed by atoms with E-state index in [0.717, 1.165) is 0 Å². The molecule has 0 saturated heterocycles. The number of hydrogen-bond donors (Lipinski definition) is 0. The van der Waals surface area contributed by atoms with Crippen LogP contribution in [0.15, 0.2) is 46.9 Å². The highest BCUT2D eigenvalue weighted by Gasteiger charge is 2.20. The monoisotopic (exact) mass is 270 g/mol. The van der Waals surface area contributed by atoms with Crippen LogP contribution in [-0.2, 0) is 0 Å². The van der Waals surface area contributed by atoms with Gasteiger partial charge in [0, 0.05) is 0 Å². The number of nitro benzene ring substituents is 1. The summed E-state index contributed by atoms with van der Waals surface area (Å²) in [7, 11) is 1.46. The minimum absolute atomic E-state index is 0.101. The summed E-state index contributed by atoms with van der Waals surface area (Å²) in [5.41, 5.74) is 1.48. The van der Waals surface area contributed by atoms with E-state index in [-0.39, 0.29) is 11.6 Å². The van der Waals surface area contributed by atoms with Gasteiger partial charge in [-0.3, -0.25) is 10.1 Å². The van der Waals surface area contributed by atoms with Gasteiger partial charge in [0.05, 0.1) is 18.1 Å². The molecule has 1 heterocycles. The van der Waals surface area contributed by atoms with Crippen LogP contribution in [0.1, 0.15) is 0 Å². The zero-order valence-corrected chi connectivity index (χ0v) is 10.6. The molecule has 0 spiro atoms. The van der Waals surface area contributed by atoms with Crippen LogP contribution >= 0.6 is 0 Å². The summed E-state index contributed by atoms with van der Waals surface area (Å²) >= 11 is 0. The van der Waals surface area contributed by atoms with Crippen LogP contribution in [0.25, 0.3) is 22.6 Å². The lowest BCUT2D eigenvalue weighted by Crippen LogP contribution is -1.93. The molecular formula is C14H10N2O4. The smallest absolute Gasteiger partial charge is 0.285 e. The van der Waals surface area contributed by atoms with Crippen LogP contribution in [0, 0.1) is 10.1 Å². The number of nitro groups is 1. The van der Waals surface area contributed by atoms with E-state index in [1.807, 2.05) is 12.1 Å². The summed E-state index contributed by atoms with van der Waals surface area (Å²) in [6, 6.07) is 11.8. The van der Waals surface area contributed by atoms with Crippen molar-refractivity contribution in [3.8, 4) is 17.2 Å². The first kappa shape index (κ1) is 12.2.